The van der Waals surface area contributed by atoms with Crippen molar-refractivity contribution in [1.82, 2.24) is 10.4 Å². The number of aromatic nitrogens is 1. The van der Waals surface area contributed by atoms with E-state index in [-0.39, 0.29) is 5.91 Å². The first kappa shape index (κ1) is 27.9. The topological polar surface area (TPSA) is 84.8 Å². The summed E-state index contributed by atoms with van der Waals surface area (Å²) in [6.45, 7) is 5.32. The van der Waals surface area contributed by atoms with Crippen molar-refractivity contribution in [3.8, 4) is 22.8 Å². The molecule has 0 aliphatic rings. The zero-order valence-corrected chi connectivity index (χ0v) is 23.2. The standard InChI is InChI=1S/C31H34N4O3S/c1-3-5-6-10-19-38-28-18-13-23(20-29(28)37-4-2)21-32-35-30(36)25-16-14-24(15-17-25)27-22-39-31(34-27)33-26-11-8-7-9-12-26/h7-9,11-18,20-22H,3-6,10,19H2,1-2H3,(H,33,34)(H,35,36)/b32-21+. The lowest BCUT2D eigenvalue weighted by atomic mass is 10.1. The molecule has 0 unspecified atom stereocenters. The second-order valence-electron chi connectivity index (χ2n) is 8.85. The number of rotatable bonds is 14. The van der Waals surface area contributed by atoms with E-state index in [9.17, 15) is 4.79 Å². The van der Waals surface area contributed by atoms with Crippen molar-refractivity contribution < 1.29 is 14.3 Å². The van der Waals surface area contributed by atoms with Gasteiger partial charge in [-0.15, -0.1) is 11.3 Å². The second-order valence-corrected chi connectivity index (χ2v) is 9.71. The molecule has 7 nitrogen and oxygen atoms in total. The van der Waals surface area contributed by atoms with E-state index in [1.807, 2.05) is 73.0 Å². The van der Waals surface area contributed by atoms with Gasteiger partial charge in [0.15, 0.2) is 16.6 Å². The van der Waals surface area contributed by atoms with E-state index in [1.54, 1.807) is 18.3 Å². The Labute approximate surface area is 233 Å². The minimum absolute atomic E-state index is 0.292. The van der Waals surface area contributed by atoms with Crippen molar-refractivity contribution in [3.63, 3.8) is 0 Å². The largest absolute Gasteiger partial charge is 0.490 e. The molecule has 0 atom stereocenters. The molecule has 202 valence electrons. The number of ether oxygens (including phenoxy) is 2. The first-order chi connectivity index (χ1) is 19.2. The van der Waals surface area contributed by atoms with Crippen LogP contribution in [-0.2, 0) is 0 Å². The summed E-state index contributed by atoms with van der Waals surface area (Å²) in [6.07, 6.45) is 6.18. The van der Waals surface area contributed by atoms with Crippen LogP contribution in [0.3, 0.4) is 0 Å². The third-order valence-corrected chi connectivity index (χ3v) is 6.63. The number of carbonyl (C=O) groups is 1. The van der Waals surface area contributed by atoms with E-state index in [1.165, 1.54) is 24.2 Å². The SMILES string of the molecule is CCCCCCOc1ccc(/C=N/NC(=O)c2ccc(-c3csc(Nc4ccccc4)n3)cc2)cc1OCC. The number of unbranched alkanes of at least 4 members (excludes halogenated alkanes) is 3. The Kier molecular flexibility index (Phi) is 10.5. The van der Waals surface area contributed by atoms with Crippen LogP contribution >= 0.6 is 11.3 Å². The molecule has 0 saturated heterocycles. The maximum Gasteiger partial charge on any atom is 0.271 e. The lowest BCUT2D eigenvalue weighted by molar-refractivity contribution is 0.0955. The van der Waals surface area contributed by atoms with Crippen LogP contribution < -0.4 is 20.2 Å². The summed E-state index contributed by atoms with van der Waals surface area (Å²) in [7, 11) is 0. The molecule has 0 aliphatic heterocycles. The molecule has 0 spiro atoms. The van der Waals surface area contributed by atoms with Crippen LogP contribution in [0.25, 0.3) is 11.3 Å². The number of benzene rings is 3. The van der Waals surface area contributed by atoms with Crippen LogP contribution in [0.15, 0.2) is 83.3 Å². The molecule has 39 heavy (non-hydrogen) atoms. The van der Waals surface area contributed by atoms with Gasteiger partial charge in [0.05, 0.1) is 25.1 Å². The van der Waals surface area contributed by atoms with Gasteiger partial charge in [0.1, 0.15) is 0 Å². The Morgan fingerprint density at radius 2 is 1.77 bits per heavy atom. The number of anilines is 2. The Morgan fingerprint density at radius 3 is 2.54 bits per heavy atom. The average molecular weight is 543 g/mol. The van der Waals surface area contributed by atoms with E-state index >= 15 is 0 Å². The van der Waals surface area contributed by atoms with E-state index in [0.29, 0.717) is 24.5 Å². The van der Waals surface area contributed by atoms with E-state index in [0.717, 1.165) is 46.2 Å². The summed E-state index contributed by atoms with van der Waals surface area (Å²) < 4.78 is 11.7. The van der Waals surface area contributed by atoms with Gasteiger partial charge >= 0.3 is 0 Å². The highest BCUT2D eigenvalue weighted by molar-refractivity contribution is 7.14. The zero-order chi connectivity index (χ0) is 27.3. The monoisotopic (exact) mass is 542 g/mol. The maximum atomic E-state index is 12.6. The number of thiazole rings is 1. The van der Waals surface area contributed by atoms with Crippen molar-refractivity contribution >= 4 is 34.3 Å². The van der Waals surface area contributed by atoms with Gasteiger partial charge in [-0.1, -0.05) is 56.5 Å². The Bertz CT molecular complexity index is 1350. The summed E-state index contributed by atoms with van der Waals surface area (Å²) in [4.78, 5) is 17.3. The summed E-state index contributed by atoms with van der Waals surface area (Å²) in [5.41, 5.74) is 6.68. The predicted octanol–water partition coefficient (Wildman–Crippen LogP) is 7.68. The molecule has 0 aliphatic carbocycles. The molecule has 0 saturated carbocycles. The van der Waals surface area contributed by atoms with Gasteiger partial charge in [-0.25, -0.2) is 10.4 Å². The smallest absolute Gasteiger partial charge is 0.271 e. The molecule has 1 heterocycles. The Hall–Kier alpha value is -4.17. The number of amides is 1. The summed E-state index contributed by atoms with van der Waals surface area (Å²) in [5, 5.41) is 10.2. The Morgan fingerprint density at radius 1 is 0.949 bits per heavy atom. The number of hydrogen-bond donors (Lipinski definition) is 2. The molecule has 2 N–H and O–H groups in total. The molecule has 4 aromatic rings. The molecule has 8 heteroatoms. The lowest BCUT2D eigenvalue weighted by Crippen LogP contribution is -2.17. The summed E-state index contributed by atoms with van der Waals surface area (Å²) >= 11 is 1.53. The molecule has 0 radical (unpaired) electrons. The van der Waals surface area contributed by atoms with E-state index in [4.69, 9.17) is 9.47 Å². The fourth-order valence-corrected chi connectivity index (χ4v) is 4.57. The lowest BCUT2D eigenvalue weighted by Gasteiger charge is -2.12. The van der Waals surface area contributed by atoms with E-state index in [2.05, 4.69) is 27.8 Å². The average Bonchev–Trinajstić information content (AvgIpc) is 3.43. The number of hydrogen-bond acceptors (Lipinski definition) is 7. The van der Waals surface area contributed by atoms with E-state index < -0.39 is 0 Å². The van der Waals surface area contributed by atoms with Crippen LogP contribution in [-0.4, -0.2) is 30.3 Å². The number of hydrazone groups is 1. The number of carbonyl (C=O) groups excluding carboxylic acids is 1. The van der Waals surface area contributed by atoms with Gasteiger partial charge in [0.2, 0.25) is 0 Å². The van der Waals surface area contributed by atoms with Gasteiger partial charge in [0.25, 0.3) is 5.91 Å². The molecule has 0 fully saturated rings. The fourth-order valence-electron chi connectivity index (χ4n) is 3.83. The summed E-state index contributed by atoms with van der Waals surface area (Å²) in [5.74, 6) is 1.10. The van der Waals surface area contributed by atoms with Gasteiger partial charge in [-0.3, -0.25) is 4.79 Å². The summed E-state index contributed by atoms with van der Waals surface area (Å²) in [6, 6.07) is 22.9. The van der Waals surface area contributed by atoms with Gasteiger partial charge in [0, 0.05) is 22.2 Å². The third kappa shape index (κ3) is 8.41. The van der Waals surface area contributed by atoms with Crippen LogP contribution in [0.1, 0.15) is 55.5 Å². The minimum atomic E-state index is -0.292. The van der Waals surface area contributed by atoms with Gasteiger partial charge in [-0.05, 0) is 61.4 Å². The van der Waals surface area contributed by atoms with Crippen LogP contribution in [0.2, 0.25) is 0 Å². The normalized spacial score (nSPS) is 10.9. The number of nitrogens with one attached hydrogen (secondary N) is 2. The fraction of sp³-hybridized carbons (Fsp3) is 0.258. The van der Waals surface area contributed by atoms with Crippen molar-refractivity contribution in [2.24, 2.45) is 5.10 Å². The quantitative estimate of drug-likeness (QED) is 0.0970. The number of para-hydroxylation sites is 1. The first-order valence-corrected chi connectivity index (χ1v) is 14.1. The first-order valence-electron chi connectivity index (χ1n) is 13.3. The van der Waals surface area contributed by atoms with Crippen LogP contribution in [0.5, 0.6) is 11.5 Å². The van der Waals surface area contributed by atoms with Crippen LogP contribution in [0.4, 0.5) is 10.8 Å². The molecule has 1 amide bonds. The highest BCUT2D eigenvalue weighted by Gasteiger charge is 2.09. The third-order valence-electron chi connectivity index (χ3n) is 5.87. The van der Waals surface area contributed by atoms with Crippen molar-refractivity contribution in [3.05, 3.63) is 89.3 Å². The van der Waals surface area contributed by atoms with Crippen molar-refractivity contribution in [2.45, 2.75) is 39.5 Å². The molecule has 1 aromatic heterocycles. The predicted molar refractivity (Wildman–Crippen MR) is 160 cm³/mol. The molecule has 4 rings (SSSR count). The van der Waals surface area contributed by atoms with Crippen molar-refractivity contribution in [1.29, 1.82) is 0 Å². The highest BCUT2D eigenvalue weighted by atomic mass is 32.1. The highest BCUT2D eigenvalue weighted by Crippen LogP contribution is 2.29. The van der Waals surface area contributed by atoms with Gasteiger partial charge < -0.3 is 14.8 Å². The Balaban J connectivity index is 1.31. The minimum Gasteiger partial charge on any atom is -0.490 e. The van der Waals surface area contributed by atoms with Crippen molar-refractivity contribution in [2.75, 3.05) is 18.5 Å². The molecular formula is C31H34N4O3S. The zero-order valence-electron chi connectivity index (χ0n) is 22.4. The van der Waals surface area contributed by atoms with Gasteiger partial charge in [-0.2, -0.15) is 5.10 Å². The molecular weight excluding hydrogens is 508 g/mol. The second kappa shape index (κ2) is 14.7. The molecule has 0 bridgehead atoms. The maximum absolute atomic E-state index is 12.6. The molecule has 3 aromatic carbocycles. The van der Waals surface area contributed by atoms with Crippen LogP contribution in [0, 0.1) is 0 Å². The number of nitrogens with zero attached hydrogens (tertiary/aromatic N) is 2.